The van der Waals surface area contributed by atoms with Gasteiger partial charge < -0.3 is 22.1 Å². The lowest BCUT2D eigenvalue weighted by Gasteiger charge is -2.02. The summed E-state index contributed by atoms with van der Waals surface area (Å²) in [7, 11) is 0. The summed E-state index contributed by atoms with van der Waals surface area (Å²) in [6, 6.07) is 3.53. The van der Waals surface area contributed by atoms with E-state index in [4.69, 9.17) is 23.1 Å². The molecule has 0 unspecified atom stereocenters. The van der Waals surface area contributed by atoms with Crippen molar-refractivity contribution in [3.63, 3.8) is 0 Å². The van der Waals surface area contributed by atoms with Gasteiger partial charge >= 0.3 is 0 Å². The van der Waals surface area contributed by atoms with Gasteiger partial charge in [-0.2, -0.15) is 0 Å². The first-order valence-corrected chi connectivity index (χ1v) is 3.96. The number of nitrogens with two attached hydrogens (primary N) is 2. The van der Waals surface area contributed by atoms with E-state index in [-0.39, 0.29) is 5.62 Å². The Hall–Kier alpha value is -1.29. The Kier molecular flexibility index (Phi) is 1.44. The van der Waals surface area contributed by atoms with Gasteiger partial charge in [0.1, 0.15) is 0 Å². The summed E-state index contributed by atoms with van der Waals surface area (Å²) >= 11 is 5.78. The fourth-order valence-electron chi connectivity index (χ4n) is 1.18. The molecule has 0 radical (unpaired) electrons. The Bertz CT molecular complexity index is 294. The second-order valence-corrected chi connectivity index (χ2v) is 3.11. The monoisotopic (exact) mass is 184 g/mol. The van der Waals surface area contributed by atoms with E-state index >= 15 is 0 Å². The van der Waals surface area contributed by atoms with Crippen molar-refractivity contribution in [2.75, 3.05) is 22.1 Å². The Morgan fingerprint density at radius 1 is 1.08 bits per heavy atom. The summed E-state index contributed by atoms with van der Waals surface area (Å²) in [6.45, 7) is 0. The lowest BCUT2D eigenvalue weighted by atomic mass is 10.2. The molecule has 6 N–H and O–H groups in total. The van der Waals surface area contributed by atoms with Crippen LogP contribution in [0.2, 0.25) is 0 Å². The summed E-state index contributed by atoms with van der Waals surface area (Å²) in [5.41, 5.74) is 13.8. The molecule has 5 heteroatoms. The molecule has 0 saturated heterocycles. The van der Waals surface area contributed by atoms with Crippen molar-refractivity contribution in [1.29, 1.82) is 0 Å². The van der Waals surface area contributed by atoms with E-state index in [9.17, 15) is 0 Å². The third-order valence-corrected chi connectivity index (χ3v) is 2.01. The average Bonchev–Trinajstić information content (AvgIpc) is 2.30. The SMILES string of the molecule is Nc1cc2c(cc1N)NC(Cl)N2. The summed E-state index contributed by atoms with van der Waals surface area (Å²) < 4.78 is 0. The maximum Gasteiger partial charge on any atom is 0.175 e. The van der Waals surface area contributed by atoms with E-state index in [1.54, 1.807) is 12.1 Å². The predicted octanol–water partition coefficient (Wildman–Crippen LogP) is 1.21. The first-order chi connectivity index (χ1) is 5.66. The third kappa shape index (κ3) is 1.00. The molecule has 64 valence electrons. The van der Waals surface area contributed by atoms with Crippen LogP contribution in [0.1, 0.15) is 0 Å². The number of fused-ring (bicyclic) bond motifs is 1. The quantitative estimate of drug-likeness (QED) is 0.278. The summed E-state index contributed by atoms with van der Waals surface area (Å²) in [4.78, 5) is 0. The van der Waals surface area contributed by atoms with E-state index in [0.717, 1.165) is 11.4 Å². The summed E-state index contributed by atoms with van der Waals surface area (Å²) in [5, 5.41) is 5.97. The van der Waals surface area contributed by atoms with Gasteiger partial charge in [0.25, 0.3) is 0 Å². The van der Waals surface area contributed by atoms with Gasteiger partial charge in [0.15, 0.2) is 5.62 Å². The fraction of sp³-hybridized carbons (Fsp3) is 0.143. The summed E-state index contributed by atoms with van der Waals surface area (Å²) in [5.74, 6) is 0. The standard InChI is InChI=1S/C7H9ClN4/c8-7-11-5-1-3(9)4(10)2-6(5)12-7/h1-2,7,11-12H,9-10H2. The van der Waals surface area contributed by atoms with Gasteiger partial charge in [-0.15, -0.1) is 0 Å². The first-order valence-electron chi connectivity index (χ1n) is 3.53. The number of alkyl halides is 1. The van der Waals surface area contributed by atoms with E-state index in [0.29, 0.717) is 11.4 Å². The Morgan fingerprint density at radius 3 is 1.92 bits per heavy atom. The number of benzene rings is 1. The fourth-order valence-corrected chi connectivity index (χ4v) is 1.42. The molecule has 1 heterocycles. The predicted molar refractivity (Wildman–Crippen MR) is 52.2 cm³/mol. The molecule has 0 spiro atoms. The van der Waals surface area contributed by atoms with Crippen molar-refractivity contribution in [3.8, 4) is 0 Å². The van der Waals surface area contributed by atoms with E-state index < -0.39 is 0 Å². The van der Waals surface area contributed by atoms with Gasteiger partial charge in [0.2, 0.25) is 0 Å². The molecule has 4 nitrogen and oxygen atoms in total. The number of hydrogen-bond donors (Lipinski definition) is 4. The number of halogens is 1. The van der Waals surface area contributed by atoms with Crippen LogP contribution in [0.15, 0.2) is 12.1 Å². The average molecular weight is 185 g/mol. The largest absolute Gasteiger partial charge is 0.397 e. The van der Waals surface area contributed by atoms with Gasteiger partial charge in [-0.1, -0.05) is 11.6 Å². The molecule has 2 rings (SSSR count). The second kappa shape index (κ2) is 2.35. The summed E-state index contributed by atoms with van der Waals surface area (Å²) in [6.07, 6.45) is 0. The van der Waals surface area contributed by atoms with Gasteiger partial charge in [0, 0.05) is 0 Å². The maximum atomic E-state index is 5.78. The molecular weight excluding hydrogens is 176 g/mol. The van der Waals surface area contributed by atoms with Crippen LogP contribution in [-0.2, 0) is 0 Å². The van der Waals surface area contributed by atoms with Crippen LogP contribution in [0.3, 0.4) is 0 Å². The zero-order valence-electron chi connectivity index (χ0n) is 6.26. The zero-order valence-corrected chi connectivity index (χ0v) is 7.02. The molecule has 0 saturated carbocycles. The van der Waals surface area contributed by atoms with Crippen molar-refractivity contribution in [2.45, 2.75) is 5.62 Å². The highest BCUT2D eigenvalue weighted by Gasteiger charge is 2.17. The minimum Gasteiger partial charge on any atom is -0.397 e. The molecule has 0 bridgehead atoms. The van der Waals surface area contributed by atoms with Crippen molar-refractivity contribution in [2.24, 2.45) is 0 Å². The van der Waals surface area contributed by atoms with Gasteiger partial charge in [0.05, 0.1) is 22.7 Å². The van der Waals surface area contributed by atoms with Crippen LogP contribution in [-0.4, -0.2) is 5.62 Å². The van der Waals surface area contributed by atoms with Crippen LogP contribution in [0.4, 0.5) is 22.7 Å². The topological polar surface area (TPSA) is 76.1 Å². The Balaban J connectivity index is 2.48. The van der Waals surface area contributed by atoms with E-state index in [1.807, 2.05) is 0 Å². The maximum absolute atomic E-state index is 5.78. The number of hydrogen-bond acceptors (Lipinski definition) is 4. The molecule has 1 aromatic rings. The van der Waals surface area contributed by atoms with Crippen LogP contribution in [0, 0.1) is 0 Å². The Morgan fingerprint density at radius 2 is 1.50 bits per heavy atom. The molecule has 0 fully saturated rings. The minimum absolute atomic E-state index is 0.277. The van der Waals surface area contributed by atoms with Gasteiger partial charge in [-0.3, -0.25) is 0 Å². The van der Waals surface area contributed by atoms with E-state index in [1.165, 1.54) is 0 Å². The molecular formula is C7H9ClN4. The van der Waals surface area contributed by atoms with Crippen molar-refractivity contribution in [3.05, 3.63) is 12.1 Å². The number of nitrogens with one attached hydrogen (secondary N) is 2. The molecule has 0 aromatic heterocycles. The lowest BCUT2D eigenvalue weighted by Crippen LogP contribution is -2.12. The lowest BCUT2D eigenvalue weighted by molar-refractivity contribution is 1.19. The number of nitrogen functional groups attached to an aromatic ring is 2. The van der Waals surface area contributed by atoms with Crippen molar-refractivity contribution >= 4 is 34.4 Å². The van der Waals surface area contributed by atoms with Crippen LogP contribution < -0.4 is 22.1 Å². The highest BCUT2D eigenvalue weighted by atomic mass is 35.5. The van der Waals surface area contributed by atoms with Crippen LogP contribution in [0.5, 0.6) is 0 Å². The molecule has 0 atom stereocenters. The molecule has 0 aliphatic carbocycles. The molecule has 1 aliphatic heterocycles. The second-order valence-electron chi connectivity index (χ2n) is 2.68. The number of rotatable bonds is 0. The van der Waals surface area contributed by atoms with Gasteiger partial charge in [-0.25, -0.2) is 0 Å². The highest BCUT2D eigenvalue weighted by Crippen LogP contribution is 2.34. The normalized spacial score (nSPS) is 15.1. The Labute approximate surface area is 74.9 Å². The number of anilines is 4. The van der Waals surface area contributed by atoms with Crippen LogP contribution in [0.25, 0.3) is 0 Å². The molecule has 1 aliphatic rings. The molecule has 0 amide bonds. The van der Waals surface area contributed by atoms with E-state index in [2.05, 4.69) is 10.6 Å². The smallest absolute Gasteiger partial charge is 0.175 e. The molecule has 1 aromatic carbocycles. The minimum atomic E-state index is -0.277. The van der Waals surface area contributed by atoms with Crippen molar-refractivity contribution < 1.29 is 0 Å². The van der Waals surface area contributed by atoms with Crippen LogP contribution >= 0.6 is 11.6 Å². The zero-order chi connectivity index (χ0) is 8.72. The molecule has 12 heavy (non-hydrogen) atoms. The highest BCUT2D eigenvalue weighted by molar-refractivity contribution is 6.24. The first kappa shape index (κ1) is 7.36. The third-order valence-electron chi connectivity index (χ3n) is 1.79. The van der Waals surface area contributed by atoms with Gasteiger partial charge in [-0.05, 0) is 12.1 Å². The van der Waals surface area contributed by atoms with Crippen molar-refractivity contribution in [1.82, 2.24) is 0 Å².